The maximum absolute atomic E-state index is 12.5. The molecule has 20 heavy (non-hydrogen) atoms. The molecule has 1 atom stereocenters. The number of halogens is 1. The Hall–Kier alpha value is -1.18. The van der Waals surface area contributed by atoms with Gasteiger partial charge in [0.1, 0.15) is 16.1 Å². The summed E-state index contributed by atoms with van der Waals surface area (Å²) in [5, 5.41) is 0.215. The smallest absolute Gasteiger partial charge is 0.324 e. The van der Waals surface area contributed by atoms with Crippen LogP contribution in [0.15, 0.2) is 23.2 Å². The molecular weight excluding hydrogens is 304 g/mol. The molecule has 1 aromatic rings. The molecule has 1 unspecified atom stereocenters. The van der Waals surface area contributed by atoms with E-state index in [-0.39, 0.29) is 16.7 Å². The minimum absolute atomic E-state index is 0.0260. The van der Waals surface area contributed by atoms with Gasteiger partial charge >= 0.3 is 5.97 Å². The first-order valence-corrected chi connectivity index (χ1v) is 8.08. The van der Waals surface area contributed by atoms with E-state index >= 15 is 0 Å². The maximum atomic E-state index is 12.5. The molecule has 0 saturated carbocycles. The number of carbonyl (C=O) groups is 1. The molecule has 1 aliphatic rings. The van der Waals surface area contributed by atoms with Crippen molar-refractivity contribution in [2.75, 3.05) is 13.2 Å². The van der Waals surface area contributed by atoms with E-state index in [4.69, 9.17) is 16.3 Å². The van der Waals surface area contributed by atoms with E-state index in [0.717, 1.165) is 0 Å². The van der Waals surface area contributed by atoms with Crippen LogP contribution in [0.25, 0.3) is 0 Å². The largest absolute Gasteiger partial charge is 0.465 e. The first-order chi connectivity index (χ1) is 9.46. The van der Waals surface area contributed by atoms with Crippen LogP contribution in [0.3, 0.4) is 0 Å². The van der Waals surface area contributed by atoms with Crippen LogP contribution >= 0.6 is 11.6 Å². The van der Waals surface area contributed by atoms with E-state index in [1.54, 1.807) is 6.92 Å². The van der Waals surface area contributed by atoms with Crippen molar-refractivity contribution in [3.8, 4) is 0 Å². The fourth-order valence-electron chi connectivity index (χ4n) is 2.15. The number of hydrogen-bond acceptors (Lipinski definition) is 5. The first kappa shape index (κ1) is 15.2. The van der Waals surface area contributed by atoms with E-state index in [1.165, 1.54) is 22.6 Å². The van der Waals surface area contributed by atoms with E-state index in [1.807, 2.05) is 0 Å². The van der Waals surface area contributed by atoms with Gasteiger partial charge in [-0.25, -0.2) is 13.4 Å². The zero-order valence-electron chi connectivity index (χ0n) is 11.0. The number of aromatic nitrogens is 1. The number of rotatable bonds is 4. The average Bonchev–Trinajstić information content (AvgIpc) is 2.89. The molecule has 2 rings (SSSR count). The van der Waals surface area contributed by atoms with Gasteiger partial charge in [0.25, 0.3) is 0 Å². The highest BCUT2D eigenvalue weighted by atomic mass is 35.5. The Morgan fingerprint density at radius 3 is 2.90 bits per heavy atom. The topological polar surface area (TPSA) is 76.6 Å². The van der Waals surface area contributed by atoms with Crippen LogP contribution in [-0.4, -0.2) is 42.9 Å². The molecular formula is C12H15ClN2O4S. The minimum Gasteiger partial charge on any atom is -0.465 e. The average molecular weight is 319 g/mol. The highest BCUT2D eigenvalue weighted by Gasteiger charge is 2.40. The molecule has 1 aromatic heterocycles. The summed E-state index contributed by atoms with van der Waals surface area (Å²) in [6.45, 7) is 2.22. The Kier molecular flexibility index (Phi) is 4.62. The van der Waals surface area contributed by atoms with Crippen LogP contribution in [0.4, 0.5) is 0 Å². The standard InChI is InChI=1S/C12H15ClN2O4S/c1-2-19-12(16)10-4-3-7-15(10)20(17,18)9-5-6-11(13)14-8-9/h5-6,8,10H,2-4,7H2,1H3. The molecule has 110 valence electrons. The van der Waals surface area contributed by atoms with Gasteiger partial charge in [-0.2, -0.15) is 4.31 Å². The Morgan fingerprint density at radius 2 is 2.30 bits per heavy atom. The van der Waals surface area contributed by atoms with Gasteiger partial charge in [-0.1, -0.05) is 11.6 Å². The summed E-state index contributed by atoms with van der Waals surface area (Å²) in [6, 6.07) is 2.03. The number of esters is 1. The number of carbonyl (C=O) groups excluding carboxylic acids is 1. The number of hydrogen-bond donors (Lipinski definition) is 0. The lowest BCUT2D eigenvalue weighted by Crippen LogP contribution is -2.41. The van der Waals surface area contributed by atoms with Crippen molar-refractivity contribution in [2.24, 2.45) is 0 Å². The first-order valence-electron chi connectivity index (χ1n) is 6.27. The summed E-state index contributed by atoms with van der Waals surface area (Å²) < 4.78 is 31.1. The van der Waals surface area contributed by atoms with Crippen LogP contribution in [0.1, 0.15) is 19.8 Å². The third kappa shape index (κ3) is 2.94. The highest BCUT2D eigenvalue weighted by molar-refractivity contribution is 7.89. The quantitative estimate of drug-likeness (QED) is 0.620. The summed E-state index contributed by atoms with van der Waals surface area (Å²) >= 11 is 5.65. The second-order valence-corrected chi connectivity index (χ2v) is 6.62. The fourth-order valence-corrected chi connectivity index (χ4v) is 3.86. The van der Waals surface area contributed by atoms with Gasteiger partial charge < -0.3 is 4.74 Å². The van der Waals surface area contributed by atoms with Crippen molar-refractivity contribution in [3.63, 3.8) is 0 Å². The van der Waals surface area contributed by atoms with Crippen molar-refractivity contribution in [2.45, 2.75) is 30.7 Å². The second kappa shape index (κ2) is 6.07. The van der Waals surface area contributed by atoms with Gasteiger partial charge in [-0.15, -0.1) is 0 Å². The molecule has 0 N–H and O–H groups in total. The molecule has 0 aliphatic carbocycles. The predicted molar refractivity (Wildman–Crippen MR) is 72.8 cm³/mol. The molecule has 1 aliphatic heterocycles. The lowest BCUT2D eigenvalue weighted by molar-refractivity contribution is -0.146. The summed E-state index contributed by atoms with van der Waals surface area (Å²) in [4.78, 5) is 15.6. The number of ether oxygens (including phenoxy) is 1. The lowest BCUT2D eigenvalue weighted by atomic mass is 10.2. The molecule has 0 bridgehead atoms. The zero-order chi connectivity index (χ0) is 14.8. The van der Waals surface area contributed by atoms with E-state index < -0.39 is 22.0 Å². The predicted octanol–water partition coefficient (Wildman–Crippen LogP) is 1.45. The molecule has 1 fully saturated rings. The minimum atomic E-state index is -3.76. The molecule has 0 radical (unpaired) electrons. The van der Waals surface area contributed by atoms with Gasteiger partial charge in [0.2, 0.25) is 10.0 Å². The molecule has 6 nitrogen and oxygen atoms in total. The van der Waals surface area contributed by atoms with Crippen LogP contribution in [0.2, 0.25) is 5.15 Å². The Bertz CT molecular complexity index is 588. The van der Waals surface area contributed by atoms with Crippen molar-refractivity contribution >= 4 is 27.6 Å². The van der Waals surface area contributed by atoms with E-state index in [0.29, 0.717) is 19.4 Å². The van der Waals surface area contributed by atoms with Gasteiger partial charge in [0, 0.05) is 12.7 Å². The van der Waals surface area contributed by atoms with Crippen molar-refractivity contribution in [1.29, 1.82) is 0 Å². The highest BCUT2D eigenvalue weighted by Crippen LogP contribution is 2.26. The van der Waals surface area contributed by atoms with Gasteiger partial charge in [-0.05, 0) is 31.9 Å². The summed E-state index contributed by atoms with van der Waals surface area (Å²) in [6.07, 6.45) is 2.29. The van der Waals surface area contributed by atoms with Crippen molar-refractivity contribution in [1.82, 2.24) is 9.29 Å². The second-order valence-electron chi connectivity index (χ2n) is 4.34. The van der Waals surface area contributed by atoms with Crippen LogP contribution in [-0.2, 0) is 19.6 Å². The summed E-state index contributed by atoms with van der Waals surface area (Å²) in [5.41, 5.74) is 0. The third-order valence-corrected chi connectivity index (χ3v) is 5.18. The maximum Gasteiger partial charge on any atom is 0.324 e. The molecule has 0 amide bonds. The molecule has 2 heterocycles. The number of pyridine rings is 1. The van der Waals surface area contributed by atoms with E-state index in [9.17, 15) is 13.2 Å². The zero-order valence-corrected chi connectivity index (χ0v) is 12.5. The number of nitrogens with zero attached hydrogens (tertiary/aromatic N) is 2. The summed E-state index contributed by atoms with van der Waals surface area (Å²) in [7, 11) is -3.76. The van der Waals surface area contributed by atoms with Gasteiger partial charge in [0.15, 0.2) is 0 Å². The number of sulfonamides is 1. The Labute approximate surface area is 122 Å². The van der Waals surface area contributed by atoms with Gasteiger partial charge in [0.05, 0.1) is 6.61 Å². The summed E-state index contributed by atoms with van der Waals surface area (Å²) in [5.74, 6) is -0.504. The Morgan fingerprint density at radius 1 is 1.55 bits per heavy atom. The monoisotopic (exact) mass is 318 g/mol. The molecule has 1 saturated heterocycles. The van der Waals surface area contributed by atoms with Crippen molar-refractivity contribution < 1.29 is 17.9 Å². The van der Waals surface area contributed by atoms with E-state index in [2.05, 4.69) is 4.98 Å². The molecule has 0 aromatic carbocycles. The fraction of sp³-hybridized carbons (Fsp3) is 0.500. The lowest BCUT2D eigenvalue weighted by Gasteiger charge is -2.22. The van der Waals surface area contributed by atoms with Crippen molar-refractivity contribution in [3.05, 3.63) is 23.5 Å². The molecule has 8 heteroatoms. The Balaban J connectivity index is 2.28. The third-order valence-electron chi connectivity index (χ3n) is 3.07. The normalized spacial score (nSPS) is 20.0. The van der Waals surface area contributed by atoms with Gasteiger partial charge in [-0.3, -0.25) is 4.79 Å². The van der Waals surface area contributed by atoms with Crippen LogP contribution in [0.5, 0.6) is 0 Å². The molecule has 0 spiro atoms. The van der Waals surface area contributed by atoms with Crippen LogP contribution in [0, 0.1) is 0 Å². The SMILES string of the molecule is CCOC(=O)C1CCCN1S(=O)(=O)c1ccc(Cl)nc1. The van der Waals surface area contributed by atoms with Crippen LogP contribution < -0.4 is 0 Å².